The number of hydrogen-bond acceptors (Lipinski definition) is 4. The van der Waals surface area contributed by atoms with Crippen LogP contribution < -0.4 is 5.32 Å². The molecule has 4 nitrogen and oxygen atoms in total. The Kier molecular flexibility index (Phi) is 4.78. The van der Waals surface area contributed by atoms with Gasteiger partial charge < -0.3 is 10.4 Å². The predicted octanol–water partition coefficient (Wildman–Crippen LogP) is 1.95. The summed E-state index contributed by atoms with van der Waals surface area (Å²) in [5, 5.41) is 12.5. The summed E-state index contributed by atoms with van der Waals surface area (Å²) in [5.74, 6) is 1.06. The largest absolute Gasteiger partial charge is 0.396 e. The van der Waals surface area contributed by atoms with Crippen molar-refractivity contribution in [2.75, 3.05) is 11.9 Å². The number of anilines is 1. The Hall–Kier alpha value is -0.870. The minimum Gasteiger partial charge on any atom is -0.396 e. The second-order valence-corrected chi connectivity index (χ2v) is 4.12. The molecule has 0 saturated carbocycles. The summed E-state index contributed by atoms with van der Waals surface area (Å²) < 4.78 is 0. The van der Waals surface area contributed by atoms with E-state index in [4.69, 9.17) is 16.7 Å². The Morgan fingerprint density at radius 1 is 1.47 bits per heavy atom. The van der Waals surface area contributed by atoms with Gasteiger partial charge >= 0.3 is 0 Å². The first-order chi connectivity index (χ1) is 7.13. The zero-order chi connectivity index (χ0) is 11.3. The van der Waals surface area contributed by atoms with E-state index in [1.807, 2.05) is 0 Å². The van der Waals surface area contributed by atoms with Crippen LogP contribution in [0, 0.1) is 5.92 Å². The minimum atomic E-state index is 0.157. The van der Waals surface area contributed by atoms with Crippen LogP contribution >= 0.6 is 11.6 Å². The van der Waals surface area contributed by atoms with Gasteiger partial charge in [0.2, 0.25) is 0 Å². The van der Waals surface area contributed by atoms with Crippen LogP contribution in [0.25, 0.3) is 0 Å². The van der Waals surface area contributed by atoms with Crippen LogP contribution in [0.5, 0.6) is 0 Å². The lowest BCUT2D eigenvalue weighted by Gasteiger charge is -2.21. The molecular formula is C10H16ClN3O. The van der Waals surface area contributed by atoms with E-state index >= 15 is 0 Å². The second kappa shape index (κ2) is 5.88. The van der Waals surface area contributed by atoms with E-state index in [1.165, 1.54) is 6.20 Å². The van der Waals surface area contributed by atoms with Gasteiger partial charge in [0, 0.05) is 12.6 Å². The molecule has 1 rings (SSSR count). The molecule has 0 aromatic carbocycles. The van der Waals surface area contributed by atoms with Crippen molar-refractivity contribution in [3.05, 3.63) is 17.5 Å². The highest BCUT2D eigenvalue weighted by atomic mass is 35.5. The quantitative estimate of drug-likeness (QED) is 0.810. The third kappa shape index (κ3) is 4.01. The van der Waals surface area contributed by atoms with Crippen molar-refractivity contribution < 1.29 is 5.11 Å². The van der Waals surface area contributed by atoms with Crippen LogP contribution in [-0.4, -0.2) is 27.7 Å². The lowest BCUT2D eigenvalue weighted by molar-refractivity contribution is 0.267. The molecule has 1 aromatic heterocycles. The Morgan fingerprint density at radius 3 is 2.73 bits per heavy atom. The fourth-order valence-corrected chi connectivity index (χ4v) is 1.46. The lowest BCUT2D eigenvalue weighted by Crippen LogP contribution is -2.27. The fourth-order valence-electron chi connectivity index (χ4n) is 1.31. The van der Waals surface area contributed by atoms with E-state index in [0.717, 1.165) is 0 Å². The van der Waals surface area contributed by atoms with Crippen LogP contribution in [0.2, 0.25) is 5.15 Å². The number of rotatable bonds is 5. The number of halogens is 1. The standard InChI is InChI=1S/C10H16ClN3O/c1-7(2)8(3-4-15)13-10-6-12-5-9(11)14-10/h5-8,15H,3-4H2,1-2H3,(H,13,14). The third-order valence-electron chi connectivity index (χ3n) is 2.18. The smallest absolute Gasteiger partial charge is 0.149 e. The lowest BCUT2D eigenvalue weighted by atomic mass is 10.0. The van der Waals surface area contributed by atoms with Crippen molar-refractivity contribution in [1.29, 1.82) is 0 Å². The van der Waals surface area contributed by atoms with Gasteiger partial charge in [-0.1, -0.05) is 25.4 Å². The van der Waals surface area contributed by atoms with Gasteiger partial charge in [-0.25, -0.2) is 4.98 Å². The minimum absolute atomic E-state index is 0.157. The van der Waals surface area contributed by atoms with Crippen LogP contribution in [0.1, 0.15) is 20.3 Å². The second-order valence-electron chi connectivity index (χ2n) is 3.73. The van der Waals surface area contributed by atoms with Gasteiger partial charge in [-0.15, -0.1) is 0 Å². The molecule has 0 radical (unpaired) electrons. The molecule has 0 aliphatic rings. The molecule has 0 bridgehead atoms. The fraction of sp³-hybridized carbons (Fsp3) is 0.600. The zero-order valence-electron chi connectivity index (χ0n) is 8.94. The molecule has 1 aromatic rings. The van der Waals surface area contributed by atoms with Crippen LogP contribution in [0.4, 0.5) is 5.82 Å². The van der Waals surface area contributed by atoms with E-state index in [9.17, 15) is 0 Å². The van der Waals surface area contributed by atoms with Crippen molar-refractivity contribution in [3.8, 4) is 0 Å². The first-order valence-corrected chi connectivity index (χ1v) is 5.36. The van der Waals surface area contributed by atoms with E-state index in [0.29, 0.717) is 23.3 Å². The van der Waals surface area contributed by atoms with Gasteiger partial charge in [-0.05, 0) is 12.3 Å². The third-order valence-corrected chi connectivity index (χ3v) is 2.37. The molecule has 0 fully saturated rings. The van der Waals surface area contributed by atoms with Gasteiger partial charge in [0.15, 0.2) is 0 Å². The number of nitrogens with one attached hydrogen (secondary N) is 1. The highest BCUT2D eigenvalue weighted by molar-refractivity contribution is 6.29. The molecule has 15 heavy (non-hydrogen) atoms. The zero-order valence-corrected chi connectivity index (χ0v) is 9.70. The molecule has 0 saturated heterocycles. The summed E-state index contributed by atoms with van der Waals surface area (Å²) in [6, 6.07) is 0.183. The Bertz CT molecular complexity index is 306. The number of hydrogen-bond donors (Lipinski definition) is 2. The van der Waals surface area contributed by atoms with Gasteiger partial charge in [-0.3, -0.25) is 4.98 Å². The van der Waals surface area contributed by atoms with Crippen LogP contribution in [-0.2, 0) is 0 Å². The normalized spacial score (nSPS) is 12.9. The SMILES string of the molecule is CC(C)C(CCO)Nc1cncc(Cl)n1. The topological polar surface area (TPSA) is 58.0 Å². The van der Waals surface area contributed by atoms with Gasteiger partial charge in [0.05, 0.1) is 12.4 Å². The maximum atomic E-state index is 8.92. The van der Waals surface area contributed by atoms with Crippen molar-refractivity contribution in [3.63, 3.8) is 0 Å². The van der Waals surface area contributed by atoms with Crippen molar-refractivity contribution in [2.45, 2.75) is 26.3 Å². The molecule has 1 unspecified atom stereocenters. The molecule has 1 heterocycles. The maximum Gasteiger partial charge on any atom is 0.149 e. The molecule has 1 atom stereocenters. The van der Waals surface area contributed by atoms with Crippen molar-refractivity contribution >= 4 is 17.4 Å². The monoisotopic (exact) mass is 229 g/mol. The summed E-state index contributed by atoms with van der Waals surface area (Å²) >= 11 is 5.72. The first-order valence-electron chi connectivity index (χ1n) is 4.98. The number of aromatic nitrogens is 2. The highest BCUT2D eigenvalue weighted by Crippen LogP contribution is 2.13. The van der Waals surface area contributed by atoms with Crippen molar-refractivity contribution in [1.82, 2.24) is 9.97 Å². The number of nitrogens with zero attached hydrogens (tertiary/aromatic N) is 2. The van der Waals surface area contributed by atoms with Gasteiger partial charge in [0.25, 0.3) is 0 Å². The van der Waals surface area contributed by atoms with Crippen molar-refractivity contribution in [2.24, 2.45) is 5.92 Å². The van der Waals surface area contributed by atoms with E-state index in [-0.39, 0.29) is 12.6 Å². The Balaban J connectivity index is 2.65. The van der Waals surface area contributed by atoms with Gasteiger partial charge in [0.1, 0.15) is 11.0 Å². The summed E-state index contributed by atoms with van der Waals surface area (Å²) in [7, 11) is 0. The summed E-state index contributed by atoms with van der Waals surface area (Å²) in [5.41, 5.74) is 0. The Labute approximate surface area is 94.7 Å². The molecule has 2 N–H and O–H groups in total. The summed E-state index contributed by atoms with van der Waals surface area (Å²) in [6.45, 7) is 4.33. The number of aliphatic hydroxyl groups is 1. The molecule has 5 heteroatoms. The first kappa shape index (κ1) is 12.2. The van der Waals surface area contributed by atoms with E-state index in [2.05, 4.69) is 29.1 Å². The molecule has 84 valence electrons. The molecule has 0 aliphatic heterocycles. The van der Waals surface area contributed by atoms with Gasteiger partial charge in [-0.2, -0.15) is 0 Å². The predicted molar refractivity (Wildman–Crippen MR) is 61.0 cm³/mol. The average molecular weight is 230 g/mol. The highest BCUT2D eigenvalue weighted by Gasteiger charge is 2.13. The maximum absolute atomic E-state index is 8.92. The van der Waals surface area contributed by atoms with E-state index in [1.54, 1.807) is 6.20 Å². The molecular weight excluding hydrogens is 214 g/mol. The van der Waals surface area contributed by atoms with Crippen LogP contribution in [0.3, 0.4) is 0 Å². The van der Waals surface area contributed by atoms with E-state index < -0.39 is 0 Å². The molecule has 0 amide bonds. The summed E-state index contributed by atoms with van der Waals surface area (Å²) in [4.78, 5) is 8.03. The molecule has 0 spiro atoms. The average Bonchev–Trinajstić information content (AvgIpc) is 2.17. The Morgan fingerprint density at radius 2 is 2.20 bits per heavy atom. The van der Waals surface area contributed by atoms with Crippen LogP contribution in [0.15, 0.2) is 12.4 Å². The molecule has 0 aliphatic carbocycles. The number of aliphatic hydroxyl groups excluding tert-OH is 1. The summed E-state index contributed by atoms with van der Waals surface area (Å²) in [6.07, 6.45) is 3.80.